The number of anilines is 1. The molecule has 4 nitrogen and oxygen atoms in total. The Bertz CT molecular complexity index is 652. The number of aromatic nitrogens is 2. The average molecular weight is 289 g/mol. The molecule has 104 valence electrons. The van der Waals surface area contributed by atoms with Crippen LogP contribution in [0.5, 0.6) is 0 Å². The Morgan fingerprint density at radius 3 is 2.85 bits per heavy atom. The molecule has 0 saturated carbocycles. The summed E-state index contributed by atoms with van der Waals surface area (Å²) in [6.45, 7) is 4.93. The van der Waals surface area contributed by atoms with Gasteiger partial charge in [0.2, 0.25) is 0 Å². The minimum absolute atomic E-state index is 0.382. The zero-order valence-corrected chi connectivity index (χ0v) is 12.6. The number of benzene rings is 1. The molecule has 1 N–H and O–H groups in total. The molecular weight excluding hydrogens is 272 g/mol. The van der Waals surface area contributed by atoms with Gasteiger partial charge in [-0.25, -0.2) is 0 Å². The quantitative estimate of drug-likeness (QED) is 0.934. The van der Waals surface area contributed by atoms with Crippen LogP contribution in [0.25, 0.3) is 0 Å². The zero-order chi connectivity index (χ0) is 14.7. The summed E-state index contributed by atoms with van der Waals surface area (Å²) in [5.41, 5.74) is 3.61. The second kappa shape index (κ2) is 5.98. The maximum Gasteiger partial charge on any atom is 0.101 e. The number of nitrogens with zero attached hydrogens (tertiary/aromatic N) is 3. The van der Waals surface area contributed by atoms with Crippen molar-refractivity contribution in [3.05, 3.63) is 46.2 Å². The van der Waals surface area contributed by atoms with Crippen LogP contribution < -0.4 is 5.32 Å². The van der Waals surface area contributed by atoms with Gasteiger partial charge in [-0.3, -0.25) is 4.68 Å². The van der Waals surface area contributed by atoms with E-state index in [1.165, 1.54) is 0 Å². The van der Waals surface area contributed by atoms with E-state index in [2.05, 4.69) is 30.3 Å². The van der Waals surface area contributed by atoms with Crippen LogP contribution in [0.1, 0.15) is 36.6 Å². The Kier molecular flexibility index (Phi) is 4.31. The van der Waals surface area contributed by atoms with E-state index in [0.717, 1.165) is 16.9 Å². The number of rotatable bonds is 4. The van der Waals surface area contributed by atoms with Gasteiger partial charge in [-0.15, -0.1) is 0 Å². The predicted molar refractivity (Wildman–Crippen MR) is 80.8 cm³/mol. The Balaban J connectivity index is 2.15. The molecule has 0 bridgehead atoms. The summed E-state index contributed by atoms with van der Waals surface area (Å²) in [4.78, 5) is 0. The fraction of sp³-hybridized carbons (Fsp3) is 0.333. The lowest BCUT2D eigenvalue weighted by Crippen LogP contribution is -2.02. The lowest BCUT2D eigenvalue weighted by atomic mass is 10.1. The van der Waals surface area contributed by atoms with Crippen LogP contribution in [0.2, 0.25) is 5.02 Å². The third-order valence-electron chi connectivity index (χ3n) is 3.05. The molecule has 0 saturated heterocycles. The molecular formula is C15H17ClN4. The number of halogens is 1. The summed E-state index contributed by atoms with van der Waals surface area (Å²) >= 11 is 5.92. The Labute approximate surface area is 124 Å². The van der Waals surface area contributed by atoms with Crippen LogP contribution in [0.4, 0.5) is 5.69 Å². The predicted octanol–water partition coefficient (Wildman–Crippen LogP) is 3.68. The van der Waals surface area contributed by atoms with Crippen LogP contribution in [0, 0.1) is 11.3 Å². The normalized spacial score (nSPS) is 10.6. The molecule has 0 aliphatic heterocycles. The van der Waals surface area contributed by atoms with E-state index in [-0.39, 0.29) is 0 Å². The molecule has 0 amide bonds. The molecule has 20 heavy (non-hydrogen) atoms. The van der Waals surface area contributed by atoms with Gasteiger partial charge < -0.3 is 5.32 Å². The fourth-order valence-electron chi connectivity index (χ4n) is 2.10. The maximum absolute atomic E-state index is 8.97. The van der Waals surface area contributed by atoms with Crippen molar-refractivity contribution in [3.63, 3.8) is 0 Å². The van der Waals surface area contributed by atoms with Crippen molar-refractivity contribution in [2.75, 3.05) is 5.32 Å². The van der Waals surface area contributed by atoms with Crippen molar-refractivity contribution < 1.29 is 0 Å². The van der Waals surface area contributed by atoms with E-state index in [9.17, 15) is 0 Å². The summed E-state index contributed by atoms with van der Waals surface area (Å²) in [5, 5.41) is 17.2. The molecule has 0 aliphatic carbocycles. The number of nitriles is 1. The largest absolute Gasteiger partial charge is 0.381 e. The maximum atomic E-state index is 8.97. The van der Waals surface area contributed by atoms with E-state index in [4.69, 9.17) is 16.9 Å². The molecule has 1 heterocycles. The van der Waals surface area contributed by atoms with Gasteiger partial charge in [0.05, 0.1) is 16.3 Å². The van der Waals surface area contributed by atoms with E-state index >= 15 is 0 Å². The van der Waals surface area contributed by atoms with Crippen molar-refractivity contribution in [2.24, 2.45) is 7.05 Å². The third kappa shape index (κ3) is 3.12. The molecule has 1 aromatic carbocycles. The highest BCUT2D eigenvalue weighted by Gasteiger charge is 2.11. The number of aryl methyl sites for hydroxylation is 1. The first-order valence-corrected chi connectivity index (χ1v) is 6.85. The highest BCUT2D eigenvalue weighted by Crippen LogP contribution is 2.22. The van der Waals surface area contributed by atoms with Gasteiger partial charge in [0.25, 0.3) is 0 Å². The summed E-state index contributed by atoms with van der Waals surface area (Å²) in [7, 11) is 1.92. The highest BCUT2D eigenvalue weighted by molar-refractivity contribution is 6.31. The Morgan fingerprint density at radius 1 is 1.45 bits per heavy atom. The van der Waals surface area contributed by atoms with Crippen LogP contribution in [0.15, 0.2) is 24.4 Å². The molecule has 5 heteroatoms. The minimum atomic E-state index is 0.382. The number of hydrogen-bond donors (Lipinski definition) is 1. The molecule has 0 radical (unpaired) electrons. The number of nitrogens with one attached hydrogen (secondary N) is 1. The third-order valence-corrected chi connectivity index (χ3v) is 3.38. The summed E-state index contributed by atoms with van der Waals surface area (Å²) in [6.07, 6.45) is 2.02. The van der Waals surface area contributed by atoms with Gasteiger partial charge in [-0.1, -0.05) is 25.4 Å². The number of hydrogen-bond acceptors (Lipinski definition) is 3. The monoisotopic (exact) mass is 288 g/mol. The van der Waals surface area contributed by atoms with E-state index in [1.54, 1.807) is 12.1 Å². The van der Waals surface area contributed by atoms with Crippen molar-refractivity contribution in [2.45, 2.75) is 26.3 Å². The van der Waals surface area contributed by atoms with Crippen molar-refractivity contribution in [1.82, 2.24) is 9.78 Å². The first kappa shape index (κ1) is 14.4. The molecule has 0 spiro atoms. The van der Waals surface area contributed by atoms with E-state index in [1.807, 2.05) is 24.0 Å². The van der Waals surface area contributed by atoms with Gasteiger partial charge >= 0.3 is 0 Å². The van der Waals surface area contributed by atoms with E-state index in [0.29, 0.717) is 23.0 Å². The molecule has 2 aromatic rings. The van der Waals surface area contributed by atoms with Crippen molar-refractivity contribution in [3.8, 4) is 6.07 Å². The lowest BCUT2D eigenvalue weighted by molar-refractivity contribution is 0.712. The van der Waals surface area contributed by atoms with Crippen LogP contribution in [0.3, 0.4) is 0 Å². The topological polar surface area (TPSA) is 53.6 Å². The van der Waals surface area contributed by atoms with Gasteiger partial charge in [0.15, 0.2) is 0 Å². The molecule has 0 fully saturated rings. The molecule has 0 unspecified atom stereocenters. The second-order valence-corrected chi connectivity index (χ2v) is 5.44. The highest BCUT2D eigenvalue weighted by atomic mass is 35.5. The lowest BCUT2D eigenvalue weighted by Gasteiger charge is -2.09. The second-order valence-electron chi connectivity index (χ2n) is 5.03. The van der Waals surface area contributed by atoms with Crippen molar-refractivity contribution in [1.29, 1.82) is 5.26 Å². The molecule has 1 aromatic heterocycles. The van der Waals surface area contributed by atoms with Crippen LogP contribution >= 0.6 is 11.6 Å². The van der Waals surface area contributed by atoms with Gasteiger partial charge in [0.1, 0.15) is 6.07 Å². The Hall–Kier alpha value is -1.99. The summed E-state index contributed by atoms with van der Waals surface area (Å²) in [6, 6.07) is 7.44. The first-order chi connectivity index (χ1) is 9.51. The van der Waals surface area contributed by atoms with Crippen molar-refractivity contribution >= 4 is 17.3 Å². The van der Waals surface area contributed by atoms with Gasteiger partial charge in [-0.2, -0.15) is 10.4 Å². The van der Waals surface area contributed by atoms with Crippen LogP contribution in [-0.4, -0.2) is 9.78 Å². The zero-order valence-electron chi connectivity index (χ0n) is 11.8. The summed E-state index contributed by atoms with van der Waals surface area (Å²) < 4.78 is 1.83. The Morgan fingerprint density at radius 2 is 2.20 bits per heavy atom. The van der Waals surface area contributed by atoms with E-state index < -0.39 is 0 Å². The summed E-state index contributed by atoms with van der Waals surface area (Å²) in [5.74, 6) is 0.382. The average Bonchev–Trinajstić information content (AvgIpc) is 2.79. The SMILES string of the molecule is CC(C)c1nn(C)cc1CNc1ccc(Cl)c(C#N)c1. The molecule has 2 rings (SSSR count). The molecule has 0 atom stereocenters. The van der Waals surface area contributed by atoms with Gasteiger partial charge in [-0.05, 0) is 24.1 Å². The van der Waals surface area contributed by atoms with Crippen LogP contribution in [-0.2, 0) is 13.6 Å². The first-order valence-electron chi connectivity index (χ1n) is 6.47. The minimum Gasteiger partial charge on any atom is -0.381 e. The van der Waals surface area contributed by atoms with Gasteiger partial charge in [0, 0.05) is 31.0 Å². The molecule has 0 aliphatic rings. The smallest absolute Gasteiger partial charge is 0.101 e. The standard InChI is InChI=1S/C15H17ClN4/c1-10(2)15-12(9-20(3)19-15)8-18-13-4-5-14(16)11(6-13)7-17/h4-6,9-10,18H,8H2,1-3H3. The fourth-order valence-corrected chi connectivity index (χ4v) is 2.26.